The van der Waals surface area contributed by atoms with Crippen molar-refractivity contribution in [3.05, 3.63) is 47.2 Å². The van der Waals surface area contributed by atoms with Gasteiger partial charge in [0.15, 0.2) is 0 Å². The van der Waals surface area contributed by atoms with E-state index in [-0.39, 0.29) is 47.2 Å². The molecule has 12 heteroatoms. The minimum atomic E-state index is -5.15. The van der Waals surface area contributed by atoms with Crippen LogP contribution >= 0.6 is 0 Å². The van der Waals surface area contributed by atoms with Crippen LogP contribution in [0.1, 0.15) is 29.3 Å². The first-order chi connectivity index (χ1) is 13.4. The van der Waals surface area contributed by atoms with Crippen LogP contribution in [-0.2, 0) is 19.7 Å². The third-order valence-electron chi connectivity index (χ3n) is 4.85. The van der Waals surface area contributed by atoms with Gasteiger partial charge in [-0.25, -0.2) is 8.42 Å². The van der Waals surface area contributed by atoms with E-state index in [2.05, 4.69) is 0 Å². The summed E-state index contributed by atoms with van der Waals surface area (Å²) in [6, 6.07) is 1.55. The molecule has 0 saturated heterocycles. The Morgan fingerprint density at radius 1 is 1.33 bits per heavy atom. The summed E-state index contributed by atoms with van der Waals surface area (Å²) in [4.78, 5) is 38.2. The summed E-state index contributed by atoms with van der Waals surface area (Å²) in [5.41, 5.74) is 5.29. The summed E-state index contributed by atoms with van der Waals surface area (Å²) in [5, 5.41) is 8.53. The number of amides is 3. The summed E-state index contributed by atoms with van der Waals surface area (Å²) >= 11 is 0. The van der Waals surface area contributed by atoms with Crippen molar-refractivity contribution in [3.8, 4) is 5.75 Å². The zero-order chi connectivity index (χ0) is 21.7. The predicted octanol–water partition coefficient (Wildman–Crippen LogP) is -2.92. The predicted molar refractivity (Wildman–Crippen MR) is 100 cm³/mol. The third-order valence-corrected chi connectivity index (χ3v) is 5.96. The van der Waals surface area contributed by atoms with E-state index >= 15 is 0 Å². The Labute approximate surface area is 195 Å². The van der Waals surface area contributed by atoms with Crippen LogP contribution < -0.4 is 40.2 Å². The number of nitrogens with two attached hydrogens (primary N) is 1. The molecule has 2 heterocycles. The van der Waals surface area contributed by atoms with Crippen LogP contribution in [0.15, 0.2) is 36.1 Å². The molecule has 3 N–H and O–H groups in total. The number of carbonyl (C=O) groups excluding carboxylic acids is 3. The number of allylic oxidation sites excluding steroid dienone is 1. The first-order valence-electron chi connectivity index (χ1n) is 8.51. The number of benzene rings is 1. The van der Waals surface area contributed by atoms with Gasteiger partial charge in [-0.3, -0.25) is 19.3 Å². The number of anilines is 1. The average molecular weight is 443 g/mol. The molecule has 0 radical (unpaired) electrons. The van der Waals surface area contributed by atoms with E-state index in [1.807, 2.05) is 0 Å². The van der Waals surface area contributed by atoms with Gasteiger partial charge < -0.3 is 20.3 Å². The summed E-state index contributed by atoms with van der Waals surface area (Å²) in [5.74, 6) is -2.73. The van der Waals surface area contributed by atoms with Crippen molar-refractivity contribution < 1.29 is 62.0 Å². The van der Waals surface area contributed by atoms with Gasteiger partial charge in [0.1, 0.15) is 26.9 Å². The first kappa shape index (κ1) is 24.1. The molecule has 0 spiro atoms. The molecule has 2 aliphatic rings. The van der Waals surface area contributed by atoms with Crippen molar-refractivity contribution in [2.45, 2.75) is 31.7 Å². The average Bonchev–Trinajstić information content (AvgIpc) is 2.98. The minimum Gasteiger partial charge on any atom is -0.746 e. The molecule has 2 aliphatic heterocycles. The van der Waals surface area contributed by atoms with Crippen LogP contribution in [0, 0.1) is 6.92 Å². The minimum absolute atomic E-state index is 0. The number of fused-ring (bicyclic) bond motifs is 2. The first-order valence-corrected chi connectivity index (χ1v) is 9.98. The summed E-state index contributed by atoms with van der Waals surface area (Å²) in [7, 11) is -5.15. The largest absolute Gasteiger partial charge is 1.00 e. The van der Waals surface area contributed by atoms with E-state index in [9.17, 15) is 32.5 Å². The van der Waals surface area contributed by atoms with Crippen molar-refractivity contribution >= 4 is 33.5 Å². The maximum absolute atomic E-state index is 13.1. The second-order valence-electron chi connectivity index (χ2n) is 6.82. The number of phenolic OH excluding ortho intramolecular Hbond substituents is 1. The molecule has 2 atom stereocenters. The van der Waals surface area contributed by atoms with Crippen LogP contribution in [-0.4, -0.2) is 52.1 Å². The Kier molecular flexibility index (Phi) is 6.84. The molecule has 154 valence electrons. The number of primary amides is 1. The molecule has 1 aromatic carbocycles. The van der Waals surface area contributed by atoms with Gasteiger partial charge in [0.25, 0.3) is 5.91 Å². The van der Waals surface area contributed by atoms with Crippen LogP contribution in [0.4, 0.5) is 5.69 Å². The number of nitrogens with zero attached hydrogens (tertiary/aromatic N) is 2. The number of carbonyl (C=O) groups is 3. The SMILES string of the molecule is CC(=O)N1c2c(ccc(C)c2O)C(=O)N2C=C(C=CC(N)=O)CC2C1S(=O)(=O)[O-].[Na+]. The number of aromatic hydroxyl groups is 1. The van der Waals surface area contributed by atoms with Crippen molar-refractivity contribution in [2.24, 2.45) is 5.73 Å². The number of hydrogen-bond acceptors (Lipinski definition) is 7. The molecule has 2 unspecified atom stereocenters. The van der Waals surface area contributed by atoms with Crippen molar-refractivity contribution in [2.75, 3.05) is 4.90 Å². The van der Waals surface area contributed by atoms with E-state index in [1.165, 1.54) is 31.3 Å². The van der Waals surface area contributed by atoms with Crippen molar-refractivity contribution in [1.29, 1.82) is 0 Å². The Hall–Kier alpha value is -2.18. The topological polar surface area (TPSA) is 161 Å². The molecular formula is C18H18N3NaO7S. The normalized spacial score (nSPS) is 20.9. The zero-order valence-electron chi connectivity index (χ0n) is 16.5. The third kappa shape index (κ3) is 4.16. The summed E-state index contributed by atoms with van der Waals surface area (Å²) in [6.45, 7) is 2.55. The van der Waals surface area contributed by atoms with E-state index in [0.29, 0.717) is 16.0 Å². The van der Waals surface area contributed by atoms with Crippen molar-refractivity contribution in [1.82, 2.24) is 4.90 Å². The maximum atomic E-state index is 13.1. The molecule has 30 heavy (non-hydrogen) atoms. The molecule has 0 aliphatic carbocycles. The van der Waals surface area contributed by atoms with E-state index in [1.54, 1.807) is 0 Å². The van der Waals surface area contributed by atoms with Crippen LogP contribution in [0.5, 0.6) is 5.75 Å². The van der Waals surface area contributed by atoms with Gasteiger partial charge in [-0.05, 0) is 30.5 Å². The standard InChI is InChI=1S/C18H19N3O7S.Na/c1-9-3-5-12-15(16(9)24)21(10(2)22)18(29(26,27)28)13-7-11(4-6-14(19)23)8-20(13)17(12)25;/h3-6,8,13,18,24H,7H2,1-2H3,(H2,19,23)(H,26,27,28);/q;+1/p-1. The smallest absolute Gasteiger partial charge is 0.746 e. The van der Waals surface area contributed by atoms with Gasteiger partial charge in [-0.15, -0.1) is 0 Å². The maximum Gasteiger partial charge on any atom is 1.00 e. The Morgan fingerprint density at radius 2 is 1.97 bits per heavy atom. The molecule has 3 amide bonds. The van der Waals surface area contributed by atoms with Gasteiger partial charge in [0, 0.05) is 19.2 Å². The quantitative estimate of drug-likeness (QED) is 0.287. The number of hydrogen-bond donors (Lipinski definition) is 2. The van der Waals surface area contributed by atoms with Gasteiger partial charge in [0.05, 0.1) is 11.6 Å². The molecule has 1 aromatic rings. The van der Waals surface area contributed by atoms with E-state index in [4.69, 9.17) is 5.73 Å². The molecule has 0 saturated carbocycles. The van der Waals surface area contributed by atoms with Crippen LogP contribution in [0.25, 0.3) is 0 Å². The molecule has 0 fully saturated rings. The van der Waals surface area contributed by atoms with Crippen molar-refractivity contribution in [3.63, 3.8) is 0 Å². The van der Waals surface area contributed by atoms with Crippen LogP contribution in [0.2, 0.25) is 0 Å². The zero-order valence-corrected chi connectivity index (χ0v) is 19.3. The Balaban J connectivity index is 0.00000320. The Bertz CT molecular complexity index is 1100. The van der Waals surface area contributed by atoms with Gasteiger partial charge in [0.2, 0.25) is 11.8 Å². The Morgan fingerprint density at radius 3 is 2.50 bits per heavy atom. The molecule has 3 rings (SSSR count). The fourth-order valence-corrected chi connectivity index (χ4v) is 4.73. The van der Waals surface area contributed by atoms with E-state index < -0.39 is 45.0 Å². The summed E-state index contributed by atoms with van der Waals surface area (Å²) < 4.78 is 36.6. The second kappa shape index (κ2) is 8.52. The monoisotopic (exact) mass is 443 g/mol. The number of rotatable bonds is 3. The van der Waals surface area contributed by atoms with Crippen LogP contribution in [0.3, 0.4) is 0 Å². The number of phenols is 1. The number of aryl methyl sites for hydroxylation is 1. The van der Waals surface area contributed by atoms with E-state index in [0.717, 1.165) is 17.9 Å². The van der Waals surface area contributed by atoms with Gasteiger partial charge in [-0.1, -0.05) is 12.1 Å². The molecular weight excluding hydrogens is 425 g/mol. The molecule has 10 nitrogen and oxygen atoms in total. The fourth-order valence-electron chi connectivity index (χ4n) is 3.61. The summed E-state index contributed by atoms with van der Waals surface area (Å²) in [6.07, 6.45) is 3.54. The fraction of sp³-hybridized carbons (Fsp3) is 0.278. The van der Waals surface area contributed by atoms with Gasteiger partial charge >= 0.3 is 29.6 Å². The molecule has 0 bridgehead atoms. The second-order valence-corrected chi connectivity index (χ2v) is 8.29. The van der Waals surface area contributed by atoms with Gasteiger partial charge in [-0.2, -0.15) is 0 Å². The molecule has 0 aromatic heterocycles.